The van der Waals surface area contributed by atoms with Crippen molar-refractivity contribution >= 4 is 11.3 Å². The third kappa shape index (κ3) is 2.69. The molecule has 1 saturated carbocycles. The topological polar surface area (TPSA) is 48.1 Å². The van der Waals surface area contributed by atoms with Crippen molar-refractivity contribution in [3.05, 3.63) is 16.1 Å². The Morgan fingerprint density at radius 1 is 1.59 bits per heavy atom. The second-order valence-corrected chi connectivity index (χ2v) is 6.20. The van der Waals surface area contributed by atoms with Crippen LogP contribution in [0.25, 0.3) is 0 Å². The van der Waals surface area contributed by atoms with E-state index in [-0.39, 0.29) is 5.54 Å². The van der Waals surface area contributed by atoms with E-state index in [0.717, 1.165) is 36.4 Å². The fourth-order valence-electron chi connectivity index (χ4n) is 2.43. The zero-order valence-electron chi connectivity index (χ0n) is 10.9. The fraction of sp³-hybridized carbons (Fsp3) is 0.769. The number of thiazole rings is 1. The van der Waals surface area contributed by atoms with Gasteiger partial charge in [0.2, 0.25) is 0 Å². The van der Waals surface area contributed by atoms with Crippen molar-refractivity contribution in [3.63, 3.8) is 0 Å². The van der Waals surface area contributed by atoms with Crippen LogP contribution in [0.4, 0.5) is 0 Å². The number of aromatic nitrogens is 1. The van der Waals surface area contributed by atoms with Gasteiger partial charge in [-0.1, -0.05) is 13.8 Å². The minimum absolute atomic E-state index is 0.267. The minimum Gasteiger partial charge on any atom is -0.381 e. The molecule has 0 saturated heterocycles. The first-order valence-electron chi connectivity index (χ1n) is 6.33. The van der Waals surface area contributed by atoms with E-state index in [1.54, 1.807) is 18.4 Å². The first-order valence-corrected chi connectivity index (χ1v) is 7.20. The Morgan fingerprint density at radius 2 is 2.35 bits per heavy atom. The Kier molecular flexibility index (Phi) is 3.85. The lowest BCUT2D eigenvalue weighted by atomic mass is 9.81. The zero-order chi connectivity index (χ0) is 12.5. The molecule has 4 heteroatoms. The van der Waals surface area contributed by atoms with Crippen molar-refractivity contribution in [2.24, 2.45) is 5.73 Å². The van der Waals surface area contributed by atoms with Gasteiger partial charge < -0.3 is 10.5 Å². The molecule has 1 aromatic heterocycles. The van der Waals surface area contributed by atoms with Crippen LogP contribution in [0.15, 0.2) is 5.38 Å². The lowest BCUT2D eigenvalue weighted by molar-refractivity contribution is 0.0406. The SMILES string of the molecule is COC1CCCC(N)(c2nc(C(C)C)cs2)C1. The Hall–Kier alpha value is -0.450. The van der Waals surface area contributed by atoms with Gasteiger partial charge in [0, 0.05) is 12.5 Å². The summed E-state index contributed by atoms with van der Waals surface area (Å²) in [7, 11) is 1.78. The second kappa shape index (κ2) is 5.04. The van der Waals surface area contributed by atoms with Gasteiger partial charge in [-0.05, 0) is 31.6 Å². The van der Waals surface area contributed by atoms with Crippen molar-refractivity contribution < 1.29 is 4.74 Å². The molecule has 2 atom stereocenters. The quantitative estimate of drug-likeness (QED) is 0.902. The van der Waals surface area contributed by atoms with E-state index < -0.39 is 0 Å². The summed E-state index contributed by atoms with van der Waals surface area (Å²) in [5, 5.41) is 3.23. The third-order valence-corrected chi connectivity index (χ3v) is 4.69. The number of methoxy groups -OCH3 is 1. The van der Waals surface area contributed by atoms with Gasteiger partial charge in [0.1, 0.15) is 5.01 Å². The molecule has 1 aromatic rings. The Balaban J connectivity index is 2.18. The number of ether oxygens (including phenoxy) is 1. The van der Waals surface area contributed by atoms with Crippen LogP contribution in [0.5, 0.6) is 0 Å². The molecular weight excluding hydrogens is 232 g/mol. The van der Waals surface area contributed by atoms with Gasteiger partial charge in [-0.2, -0.15) is 0 Å². The Morgan fingerprint density at radius 3 is 2.94 bits per heavy atom. The molecule has 1 fully saturated rings. The van der Waals surface area contributed by atoms with E-state index in [0.29, 0.717) is 12.0 Å². The molecule has 2 unspecified atom stereocenters. The predicted octanol–water partition coefficient (Wildman–Crippen LogP) is 3.01. The molecule has 0 radical (unpaired) electrons. The zero-order valence-corrected chi connectivity index (χ0v) is 11.7. The van der Waals surface area contributed by atoms with Crippen LogP contribution in [0.3, 0.4) is 0 Å². The summed E-state index contributed by atoms with van der Waals surface area (Å²) in [6.45, 7) is 4.34. The van der Waals surface area contributed by atoms with E-state index in [4.69, 9.17) is 15.5 Å². The highest BCUT2D eigenvalue weighted by Gasteiger charge is 2.36. The fourth-order valence-corrected chi connectivity index (χ4v) is 3.57. The number of nitrogens with two attached hydrogens (primary N) is 1. The molecule has 0 amide bonds. The molecule has 0 aromatic carbocycles. The van der Waals surface area contributed by atoms with Gasteiger partial charge in [-0.3, -0.25) is 0 Å². The van der Waals surface area contributed by atoms with E-state index in [9.17, 15) is 0 Å². The van der Waals surface area contributed by atoms with E-state index in [1.807, 2.05) is 0 Å². The number of hydrogen-bond acceptors (Lipinski definition) is 4. The van der Waals surface area contributed by atoms with Crippen LogP contribution in [-0.4, -0.2) is 18.2 Å². The average molecular weight is 254 g/mol. The predicted molar refractivity (Wildman–Crippen MR) is 71.3 cm³/mol. The number of nitrogens with zero attached hydrogens (tertiary/aromatic N) is 1. The number of rotatable bonds is 3. The van der Waals surface area contributed by atoms with Crippen LogP contribution in [0, 0.1) is 0 Å². The van der Waals surface area contributed by atoms with E-state index in [1.165, 1.54) is 0 Å². The maximum atomic E-state index is 6.53. The standard InChI is InChI=1S/C13H22N2OS/c1-9(2)11-8-17-12(15-11)13(14)6-4-5-10(7-13)16-3/h8-10H,4-7,14H2,1-3H3. The highest BCUT2D eigenvalue weighted by Crippen LogP contribution is 2.38. The lowest BCUT2D eigenvalue weighted by Crippen LogP contribution is -2.43. The van der Waals surface area contributed by atoms with Crippen LogP contribution in [-0.2, 0) is 10.3 Å². The van der Waals surface area contributed by atoms with Gasteiger partial charge in [0.05, 0.1) is 17.3 Å². The molecule has 96 valence electrons. The molecule has 2 N–H and O–H groups in total. The second-order valence-electron chi connectivity index (χ2n) is 5.34. The van der Waals surface area contributed by atoms with Crippen LogP contribution >= 0.6 is 11.3 Å². The minimum atomic E-state index is -0.267. The van der Waals surface area contributed by atoms with Gasteiger partial charge in [0.15, 0.2) is 0 Å². The molecule has 1 aliphatic rings. The van der Waals surface area contributed by atoms with Crippen molar-refractivity contribution in [1.29, 1.82) is 0 Å². The van der Waals surface area contributed by atoms with Crippen molar-refractivity contribution in [2.75, 3.05) is 7.11 Å². The normalized spacial score (nSPS) is 29.8. The molecule has 0 bridgehead atoms. The molecular formula is C13H22N2OS. The van der Waals surface area contributed by atoms with Crippen molar-refractivity contribution in [3.8, 4) is 0 Å². The summed E-state index contributed by atoms with van der Waals surface area (Å²) in [6, 6.07) is 0. The summed E-state index contributed by atoms with van der Waals surface area (Å²) in [5.74, 6) is 0.477. The lowest BCUT2D eigenvalue weighted by Gasteiger charge is -2.35. The average Bonchev–Trinajstić information content (AvgIpc) is 2.79. The Labute approximate surface area is 107 Å². The van der Waals surface area contributed by atoms with Gasteiger partial charge in [-0.15, -0.1) is 11.3 Å². The Bertz CT molecular complexity index is 377. The molecule has 0 aliphatic heterocycles. The smallest absolute Gasteiger partial charge is 0.113 e. The van der Waals surface area contributed by atoms with Gasteiger partial charge in [-0.25, -0.2) is 4.98 Å². The molecule has 1 heterocycles. The van der Waals surface area contributed by atoms with E-state index >= 15 is 0 Å². The summed E-state index contributed by atoms with van der Waals surface area (Å²) in [6.07, 6.45) is 4.47. The maximum Gasteiger partial charge on any atom is 0.113 e. The van der Waals surface area contributed by atoms with Gasteiger partial charge >= 0.3 is 0 Å². The molecule has 1 aliphatic carbocycles. The molecule has 2 rings (SSSR count). The molecule has 3 nitrogen and oxygen atoms in total. The van der Waals surface area contributed by atoms with Crippen LogP contribution < -0.4 is 5.73 Å². The van der Waals surface area contributed by atoms with Crippen LogP contribution in [0.1, 0.15) is 56.2 Å². The van der Waals surface area contributed by atoms with Crippen molar-refractivity contribution in [1.82, 2.24) is 4.98 Å². The summed E-state index contributed by atoms with van der Waals surface area (Å²) in [5.41, 5.74) is 7.42. The highest BCUT2D eigenvalue weighted by molar-refractivity contribution is 7.09. The first-order chi connectivity index (χ1) is 8.05. The summed E-state index contributed by atoms with van der Waals surface area (Å²) in [4.78, 5) is 4.71. The van der Waals surface area contributed by atoms with E-state index in [2.05, 4.69) is 19.2 Å². The first kappa shape index (κ1) is 13.0. The summed E-state index contributed by atoms with van der Waals surface area (Å²) >= 11 is 1.70. The molecule has 0 spiro atoms. The third-order valence-electron chi connectivity index (χ3n) is 3.61. The largest absolute Gasteiger partial charge is 0.381 e. The monoisotopic (exact) mass is 254 g/mol. The van der Waals surface area contributed by atoms with Crippen LogP contribution in [0.2, 0.25) is 0 Å². The molecule has 17 heavy (non-hydrogen) atoms. The highest BCUT2D eigenvalue weighted by atomic mass is 32.1. The van der Waals surface area contributed by atoms with Crippen molar-refractivity contribution in [2.45, 2.75) is 57.1 Å². The van der Waals surface area contributed by atoms with Gasteiger partial charge in [0.25, 0.3) is 0 Å². The number of hydrogen-bond donors (Lipinski definition) is 1. The summed E-state index contributed by atoms with van der Waals surface area (Å²) < 4.78 is 5.46. The maximum absolute atomic E-state index is 6.53.